The lowest BCUT2D eigenvalue weighted by Gasteiger charge is -2.32. The molecule has 0 spiro atoms. The van der Waals surface area contributed by atoms with Gasteiger partial charge < -0.3 is 10.2 Å². The van der Waals surface area contributed by atoms with E-state index in [9.17, 15) is 9.18 Å². The van der Waals surface area contributed by atoms with E-state index in [1.54, 1.807) is 24.4 Å². The Hall–Kier alpha value is -3.21. The summed E-state index contributed by atoms with van der Waals surface area (Å²) in [4.78, 5) is 19.0. The maximum absolute atomic E-state index is 13.0. The van der Waals surface area contributed by atoms with Crippen molar-refractivity contribution >= 4 is 17.3 Å². The molecular formula is C24H24FN3O. The molecule has 0 unspecified atom stereocenters. The number of aromatic nitrogens is 1. The van der Waals surface area contributed by atoms with Gasteiger partial charge in [-0.1, -0.05) is 30.3 Å². The van der Waals surface area contributed by atoms with Gasteiger partial charge in [-0.25, -0.2) is 9.37 Å². The average Bonchev–Trinajstić information content (AvgIpc) is 2.77. The summed E-state index contributed by atoms with van der Waals surface area (Å²) < 4.78 is 13.0. The van der Waals surface area contributed by atoms with Crippen LogP contribution in [0.2, 0.25) is 0 Å². The zero-order valence-electron chi connectivity index (χ0n) is 16.2. The quantitative estimate of drug-likeness (QED) is 0.663. The van der Waals surface area contributed by atoms with Crippen molar-refractivity contribution in [2.45, 2.75) is 19.3 Å². The number of nitrogens with zero attached hydrogens (tertiary/aromatic N) is 2. The number of pyridine rings is 1. The number of amides is 1. The minimum atomic E-state index is -0.276. The first-order chi connectivity index (χ1) is 14.2. The number of benzene rings is 2. The van der Waals surface area contributed by atoms with Gasteiger partial charge in [0.2, 0.25) is 0 Å². The molecule has 0 radical (unpaired) electrons. The fraction of sp³-hybridized carbons (Fsp3) is 0.250. The summed E-state index contributed by atoms with van der Waals surface area (Å²) in [7, 11) is 0. The van der Waals surface area contributed by atoms with Crippen LogP contribution < -0.4 is 5.32 Å². The number of piperidine rings is 1. The standard InChI is InChI=1S/C24H24FN3O/c25-20-6-8-21(9-7-20)27-22-10-11-23(26-17-22)24(29)28-14-12-19(13-15-28)16-18-4-2-1-3-5-18/h1-11,17,19,27H,12-16H2. The van der Waals surface area contributed by atoms with E-state index in [-0.39, 0.29) is 11.7 Å². The molecule has 3 aromatic rings. The minimum Gasteiger partial charge on any atom is -0.354 e. The van der Waals surface area contributed by atoms with Crippen molar-refractivity contribution in [3.8, 4) is 0 Å². The molecule has 0 bridgehead atoms. The number of rotatable bonds is 5. The number of anilines is 2. The third kappa shape index (κ3) is 4.99. The second-order valence-corrected chi connectivity index (χ2v) is 7.49. The summed E-state index contributed by atoms with van der Waals surface area (Å²) in [5, 5.41) is 3.15. The van der Waals surface area contributed by atoms with Gasteiger partial charge >= 0.3 is 0 Å². The molecule has 148 valence electrons. The van der Waals surface area contributed by atoms with E-state index >= 15 is 0 Å². The van der Waals surface area contributed by atoms with E-state index in [0.29, 0.717) is 11.6 Å². The van der Waals surface area contributed by atoms with Crippen LogP contribution in [0.4, 0.5) is 15.8 Å². The van der Waals surface area contributed by atoms with Crippen molar-refractivity contribution in [1.82, 2.24) is 9.88 Å². The Morgan fingerprint density at radius 3 is 2.31 bits per heavy atom. The average molecular weight is 389 g/mol. The molecule has 1 aromatic heterocycles. The van der Waals surface area contributed by atoms with Gasteiger partial charge in [-0.05, 0) is 67.1 Å². The summed E-state index contributed by atoms with van der Waals surface area (Å²) in [6, 6.07) is 20.2. The van der Waals surface area contributed by atoms with Gasteiger partial charge in [0.1, 0.15) is 11.5 Å². The highest BCUT2D eigenvalue weighted by molar-refractivity contribution is 5.92. The van der Waals surface area contributed by atoms with Crippen LogP contribution in [0.15, 0.2) is 72.9 Å². The maximum atomic E-state index is 13.0. The van der Waals surface area contributed by atoms with Crippen LogP contribution in [0.3, 0.4) is 0 Å². The van der Waals surface area contributed by atoms with E-state index in [1.807, 2.05) is 17.0 Å². The number of carbonyl (C=O) groups is 1. The molecule has 0 aliphatic carbocycles. The topological polar surface area (TPSA) is 45.2 Å². The van der Waals surface area contributed by atoms with Crippen LogP contribution in [0, 0.1) is 11.7 Å². The van der Waals surface area contributed by atoms with Crippen LogP contribution in [-0.4, -0.2) is 28.9 Å². The van der Waals surface area contributed by atoms with Gasteiger partial charge in [-0.2, -0.15) is 0 Å². The zero-order valence-corrected chi connectivity index (χ0v) is 16.2. The van der Waals surface area contributed by atoms with Gasteiger partial charge in [0.15, 0.2) is 0 Å². The fourth-order valence-corrected chi connectivity index (χ4v) is 3.74. The molecular weight excluding hydrogens is 365 g/mol. The third-order valence-corrected chi connectivity index (χ3v) is 5.38. The summed E-state index contributed by atoms with van der Waals surface area (Å²) in [5.74, 6) is 0.329. The molecule has 5 heteroatoms. The number of hydrogen-bond acceptors (Lipinski definition) is 3. The molecule has 1 aliphatic heterocycles. The first-order valence-corrected chi connectivity index (χ1v) is 9.99. The molecule has 29 heavy (non-hydrogen) atoms. The highest BCUT2D eigenvalue weighted by atomic mass is 19.1. The van der Waals surface area contributed by atoms with Gasteiger partial charge in [0, 0.05) is 18.8 Å². The molecule has 1 N–H and O–H groups in total. The van der Waals surface area contributed by atoms with Crippen molar-refractivity contribution in [2.75, 3.05) is 18.4 Å². The molecule has 0 atom stereocenters. The Bertz CT molecular complexity index is 934. The highest BCUT2D eigenvalue weighted by Gasteiger charge is 2.24. The number of hydrogen-bond donors (Lipinski definition) is 1. The molecule has 0 saturated carbocycles. The van der Waals surface area contributed by atoms with E-state index in [2.05, 4.69) is 34.6 Å². The lowest BCUT2D eigenvalue weighted by Crippen LogP contribution is -2.39. The third-order valence-electron chi connectivity index (χ3n) is 5.38. The number of halogens is 1. The van der Waals surface area contributed by atoms with Crippen LogP contribution >= 0.6 is 0 Å². The van der Waals surface area contributed by atoms with Crippen molar-refractivity contribution in [3.63, 3.8) is 0 Å². The SMILES string of the molecule is O=C(c1ccc(Nc2ccc(F)cc2)cn1)N1CCC(Cc2ccccc2)CC1. The fourth-order valence-electron chi connectivity index (χ4n) is 3.74. The summed E-state index contributed by atoms with van der Waals surface area (Å²) in [6.45, 7) is 1.54. The molecule has 1 amide bonds. The van der Waals surface area contributed by atoms with E-state index in [4.69, 9.17) is 0 Å². The molecule has 2 aromatic carbocycles. The molecule has 1 saturated heterocycles. The molecule has 1 aliphatic rings. The Kier molecular flexibility index (Phi) is 5.84. The Morgan fingerprint density at radius 1 is 0.966 bits per heavy atom. The largest absolute Gasteiger partial charge is 0.354 e. The highest BCUT2D eigenvalue weighted by Crippen LogP contribution is 2.23. The second kappa shape index (κ2) is 8.86. The van der Waals surface area contributed by atoms with Crippen LogP contribution in [0.5, 0.6) is 0 Å². The van der Waals surface area contributed by atoms with Crippen molar-refractivity contribution in [1.29, 1.82) is 0 Å². The number of nitrogens with one attached hydrogen (secondary N) is 1. The first kappa shape index (κ1) is 19.1. The maximum Gasteiger partial charge on any atom is 0.272 e. The Balaban J connectivity index is 1.31. The van der Waals surface area contributed by atoms with Gasteiger partial charge in [-0.15, -0.1) is 0 Å². The van der Waals surface area contributed by atoms with Crippen LogP contribution in [-0.2, 0) is 6.42 Å². The lowest BCUT2D eigenvalue weighted by molar-refractivity contribution is 0.0684. The molecule has 1 fully saturated rings. The summed E-state index contributed by atoms with van der Waals surface area (Å²) >= 11 is 0. The van der Waals surface area contributed by atoms with Crippen LogP contribution in [0.1, 0.15) is 28.9 Å². The molecule has 4 nitrogen and oxygen atoms in total. The summed E-state index contributed by atoms with van der Waals surface area (Å²) in [5.41, 5.74) is 3.35. The Labute approximate surface area is 170 Å². The van der Waals surface area contributed by atoms with Gasteiger partial charge in [0.05, 0.1) is 11.9 Å². The predicted octanol–water partition coefficient (Wildman–Crippen LogP) is 5.06. The smallest absolute Gasteiger partial charge is 0.272 e. The van der Waals surface area contributed by atoms with Crippen molar-refractivity contribution < 1.29 is 9.18 Å². The number of carbonyl (C=O) groups excluding carboxylic acids is 1. The monoisotopic (exact) mass is 389 g/mol. The molecule has 4 rings (SSSR count). The zero-order chi connectivity index (χ0) is 20.1. The lowest BCUT2D eigenvalue weighted by atomic mass is 9.90. The normalized spacial score (nSPS) is 14.6. The van der Waals surface area contributed by atoms with Crippen molar-refractivity contribution in [3.05, 3.63) is 90.0 Å². The predicted molar refractivity (Wildman–Crippen MR) is 113 cm³/mol. The van der Waals surface area contributed by atoms with E-state index in [0.717, 1.165) is 43.7 Å². The van der Waals surface area contributed by atoms with E-state index < -0.39 is 0 Å². The first-order valence-electron chi connectivity index (χ1n) is 9.99. The second-order valence-electron chi connectivity index (χ2n) is 7.49. The van der Waals surface area contributed by atoms with Crippen molar-refractivity contribution in [2.24, 2.45) is 5.92 Å². The van der Waals surface area contributed by atoms with Gasteiger partial charge in [0.25, 0.3) is 5.91 Å². The van der Waals surface area contributed by atoms with E-state index in [1.165, 1.54) is 17.7 Å². The summed E-state index contributed by atoms with van der Waals surface area (Å²) in [6.07, 6.45) is 4.75. The number of likely N-dealkylation sites (tertiary alicyclic amines) is 1. The van der Waals surface area contributed by atoms with Crippen LogP contribution in [0.25, 0.3) is 0 Å². The Morgan fingerprint density at radius 2 is 1.66 bits per heavy atom. The minimum absolute atomic E-state index is 0.0171. The molecule has 2 heterocycles. The van der Waals surface area contributed by atoms with Gasteiger partial charge in [-0.3, -0.25) is 4.79 Å².